The molecule has 0 unspecified atom stereocenters. The van der Waals surface area contributed by atoms with Gasteiger partial charge >= 0.3 is 0 Å². The van der Waals surface area contributed by atoms with E-state index in [1.165, 1.54) is 0 Å². The van der Waals surface area contributed by atoms with Gasteiger partial charge in [-0.1, -0.05) is 34.1 Å². The molecular weight excluding hydrogens is 416 g/mol. The molecule has 140 valence electrons. The van der Waals surface area contributed by atoms with Crippen molar-refractivity contribution in [3.8, 4) is 0 Å². The first kappa shape index (κ1) is 18.4. The zero-order valence-corrected chi connectivity index (χ0v) is 16.8. The standard InChI is InChI=1S/C23H19BrN2O2/c24-19-10-8-16(9-11-19)22(27)25-20-12-13-21-18(15-20)7-4-14-26(21)23(28)17-5-2-1-3-6-17/h1-3,5-6,8-13,15H,4,7,14H2,(H,25,27). The number of hydrogen-bond donors (Lipinski definition) is 1. The van der Waals surface area contributed by atoms with Gasteiger partial charge in [0.05, 0.1) is 0 Å². The van der Waals surface area contributed by atoms with Gasteiger partial charge in [0.25, 0.3) is 11.8 Å². The van der Waals surface area contributed by atoms with E-state index >= 15 is 0 Å². The smallest absolute Gasteiger partial charge is 0.258 e. The van der Waals surface area contributed by atoms with Gasteiger partial charge in [0.2, 0.25) is 0 Å². The minimum Gasteiger partial charge on any atom is -0.322 e. The molecule has 0 aromatic heterocycles. The lowest BCUT2D eigenvalue weighted by atomic mass is 10.00. The second-order valence-electron chi connectivity index (χ2n) is 6.73. The van der Waals surface area contributed by atoms with E-state index in [0.717, 1.165) is 34.3 Å². The van der Waals surface area contributed by atoms with Crippen LogP contribution in [0, 0.1) is 0 Å². The Morgan fingerprint density at radius 1 is 0.893 bits per heavy atom. The number of carbonyl (C=O) groups excluding carboxylic acids is 2. The zero-order chi connectivity index (χ0) is 19.5. The molecule has 1 aliphatic rings. The average molecular weight is 435 g/mol. The fourth-order valence-electron chi connectivity index (χ4n) is 3.43. The van der Waals surface area contributed by atoms with Gasteiger partial charge < -0.3 is 10.2 Å². The van der Waals surface area contributed by atoms with Crippen molar-refractivity contribution in [2.45, 2.75) is 12.8 Å². The molecule has 0 fully saturated rings. The second-order valence-corrected chi connectivity index (χ2v) is 7.65. The molecule has 1 heterocycles. The van der Waals surface area contributed by atoms with E-state index < -0.39 is 0 Å². The fraction of sp³-hybridized carbons (Fsp3) is 0.130. The number of amides is 2. The van der Waals surface area contributed by atoms with E-state index in [4.69, 9.17) is 0 Å². The third-order valence-electron chi connectivity index (χ3n) is 4.83. The lowest BCUT2D eigenvalue weighted by Gasteiger charge is -2.30. The summed E-state index contributed by atoms with van der Waals surface area (Å²) in [4.78, 5) is 27.2. The highest BCUT2D eigenvalue weighted by Gasteiger charge is 2.23. The van der Waals surface area contributed by atoms with Gasteiger partial charge in [-0.05, 0) is 73.0 Å². The van der Waals surface area contributed by atoms with Crippen molar-refractivity contribution in [3.05, 3.63) is 94.0 Å². The number of nitrogens with zero attached hydrogens (tertiary/aromatic N) is 1. The first-order valence-corrected chi connectivity index (χ1v) is 9.98. The zero-order valence-electron chi connectivity index (χ0n) is 15.2. The Kier molecular flexibility index (Phi) is 5.26. The van der Waals surface area contributed by atoms with Crippen LogP contribution in [0.4, 0.5) is 11.4 Å². The summed E-state index contributed by atoms with van der Waals surface area (Å²) >= 11 is 3.37. The van der Waals surface area contributed by atoms with E-state index in [1.807, 2.05) is 65.6 Å². The predicted molar refractivity (Wildman–Crippen MR) is 115 cm³/mol. The quantitative estimate of drug-likeness (QED) is 0.608. The number of benzene rings is 3. The van der Waals surface area contributed by atoms with E-state index in [9.17, 15) is 9.59 Å². The number of carbonyl (C=O) groups is 2. The minimum absolute atomic E-state index is 0.00759. The molecule has 1 aliphatic heterocycles. The molecular formula is C23H19BrN2O2. The molecule has 1 N–H and O–H groups in total. The summed E-state index contributed by atoms with van der Waals surface area (Å²) in [7, 11) is 0. The number of fused-ring (bicyclic) bond motifs is 1. The molecule has 0 bridgehead atoms. The summed E-state index contributed by atoms with van der Waals surface area (Å²) in [6, 6.07) is 22.3. The van der Waals surface area contributed by atoms with Crippen LogP contribution in [0.3, 0.4) is 0 Å². The van der Waals surface area contributed by atoms with Crippen molar-refractivity contribution >= 4 is 39.1 Å². The van der Waals surface area contributed by atoms with Crippen LogP contribution in [0.1, 0.15) is 32.7 Å². The van der Waals surface area contributed by atoms with E-state index in [1.54, 1.807) is 12.1 Å². The second kappa shape index (κ2) is 7.98. The number of halogens is 1. The number of hydrogen-bond acceptors (Lipinski definition) is 2. The first-order valence-electron chi connectivity index (χ1n) is 9.18. The van der Waals surface area contributed by atoms with E-state index in [-0.39, 0.29) is 11.8 Å². The molecule has 0 aliphatic carbocycles. The molecule has 0 spiro atoms. The van der Waals surface area contributed by atoms with Crippen molar-refractivity contribution < 1.29 is 9.59 Å². The number of nitrogens with one attached hydrogen (secondary N) is 1. The number of anilines is 2. The lowest BCUT2D eigenvalue weighted by Crippen LogP contribution is -2.35. The molecule has 4 nitrogen and oxygen atoms in total. The van der Waals surface area contributed by atoms with Crippen LogP contribution in [0.25, 0.3) is 0 Å². The van der Waals surface area contributed by atoms with Gasteiger partial charge in [-0.2, -0.15) is 0 Å². The summed E-state index contributed by atoms with van der Waals surface area (Å²) in [6.45, 7) is 0.700. The van der Waals surface area contributed by atoms with Crippen LogP contribution in [0.2, 0.25) is 0 Å². The Morgan fingerprint density at radius 2 is 1.64 bits per heavy atom. The summed E-state index contributed by atoms with van der Waals surface area (Å²) in [5, 5.41) is 2.95. The van der Waals surface area contributed by atoms with Crippen molar-refractivity contribution in [1.29, 1.82) is 0 Å². The molecule has 28 heavy (non-hydrogen) atoms. The fourth-order valence-corrected chi connectivity index (χ4v) is 3.69. The SMILES string of the molecule is O=C(Nc1ccc2c(c1)CCCN2C(=O)c1ccccc1)c1ccc(Br)cc1. The van der Waals surface area contributed by atoms with Gasteiger partial charge in [-0.3, -0.25) is 9.59 Å². The third kappa shape index (κ3) is 3.85. The van der Waals surface area contributed by atoms with E-state index in [2.05, 4.69) is 21.2 Å². The monoisotopic (exact) mass is 434 g/mol. The Labute approximate surface area is 172 Å². The maximum absolute atomic E-state index is 12.9. The predicted octanol–water partition coefficient (Wildman–Crippen LogP) is 5.29. The minimum atomic E-state index is -0.152. The molecule has 4 rings (SSSR count). The largest absolute Gasteiger partial charge is 0.322 e. The summed E-state index contributed by atoms with van der Waals surface area (Å²) in [5.74, 6) is -0.145. The van der Waals surface area contributed by atoms with Crippen molar-refractivity contribution in [2.75, 3.05) is 16.8 Å². The highest BCUT2D eigenvalue weighted by Crippen LogP contribution is 2.31. The highest BCUT2D eigenvalue weighted by atomic mass is 79.9. The summed E-state index contributed by atoms with van der Waals surface area (Å²) in [5.41, 5.74) is 4.01. The third-order valence-corrected chi connectivity index (χ3v) is 5.36. The van der Waals surface area contributed by atoms with Crippen LogP contribution >= 0.6 is 15.9 Å². The Bertz CT molecular complexity index is 1020. The molecule has 3 aromatic rings. The van der Waals surface area contributed by atoms with Crippen LogP contribution in [-0.4, -0.2) is 18.4 Å². The summed E-state index contributed by atoms with van der Waals surface area (Å²) < 4.78 is 0.931. The van der Waals surface area contributed by atoms with Gasteiger partial charge in [-0.25, -0.2) is 0 Å². The number of rotatable bonds is 3. The van der Waals surface area contributed by atoms with Crippen molar-refractivity contribution in [3.63, 3.8) is 0 Å². The Balaban J connectivity index is 1.55. The lowest BCUT2D eigenvalue weighted by molar-refractivity contribution is 0.0983. The molecule has 5 heteroatoms. The van der Waals surface area contributed by atoms with Crippen molar-refractivity contribution in [1.82, 2.24) is 0 Å². The molecule has 0 atom stereocenters. The molecule has 2 amide bonds. The maximum Gasteiger partial charge on any atom is 0.258 e. The van der Waals surface area contributed by atoms with Gasteiger partial charge in [0.1, 0.15) is 0 Å². The molecule has 3 aromatic carbocycles. The molecule has 0 radical (unpaired) electrons. The topological polar surface area (TPSA) is 49.4 Å². The highest BCUT2D eigenvalue weighted by molar-refractivity contribution is 9.10. The van der Waals surface area contributed by atoms with Gasteiger partial charge in [-0.15, -0.1) is 0 Å². The molecule has 0 saturated carbocycles. The van der Waals surface area contributed by atoms with E-state index in [0.29, 0.717) is 17.7 Å². The first-order chi connectivity index (χ1) is 13.6. The van der Waals surface area contributed by atoms with Gasteiger partial charge in [0.15, 0.2) is 0 Å². The Hall–Kier alpha value is -2.92. The molecule has 0 saturated heterocycles. The van der Waals surface area contributed by atoms with Crippen LogP contribution < -0.4 is 10.2 Å². The number of aryl methyl sites for hydroxylation is 1. The van der Waals surface area contributed by atoms with Gasteiger partial charge in [0, 0.05) is 33.5 Å². The maximum atomic E-state index is 12.9. The van der Waals surface area contributed by atoms with Crippen LogP contribution in [0.15, 0.2) is 77.3 Å². The van der Waals surface area contributed by atoms with Crippen LogP contribution in [-0.2, 0) is 6.42 Å². The Morgan fingerprint density at radius 3 is 2.39 bits per heavy atom. The average Bonchev–Trinajstić information content (AvgIpc) is 2.73. The summed E-state index contributed by atoms with van der Waals surface area (Å²) in [6.07, 6.45) is 1.78. The van der Waals surface area contributed by atoms with Crippen molar-refractivity contribution in [2.24, 2.45) is 0 Å². The van der Waals surface area contributed by atoms with Crippen LogP contribution in [0.5, 0.6) is 0 Å². The normalized spacial score (nSPS) is 13.0.